The first-order valence-corrected chi connectivity index (χ1v) is 11.8. The molecule has 0 saturated carbocycles. The molecule has 0 bridgehead atoms. The summed E-state index contributed by atoms with van der Waals surface area (Å²) in [6.45, 7) is 2.26. The Labute approximate surface area is 176 Å². The van der Waals surface area contributed by atoms with Gasteiger partial charge in [-0.3, -0.25) is 4.79 Å². The third-order valence-corrected chi connectivity index (χ3v) is 5.49. The Balaban J connectivity index is 1.40. The number of unbranched alkanes of at least 4 members (excludes halogenated alkanes) is 12. The summed E-state index contributed by atoms with van der Waals surface area (Å²) < 4.78 is 1.45. The van der Waals surface area contributed by atoms with Gasteiger partial charge >= 0.3 is 0 Å². The van der Waals surface area contributed by atoms with Gasteiger partial charge in [0.15, 0.2) is 0 Å². The number of hydrogen-bond acceptors (Lipinski definition) is 3. The number of nitrogens with zero attached hydrogens (tertiary/aromatic N) is 3. The topological polar surface area (TPSA) is 47.8 Å². The number of allylic oxidation sites excluding steroid dienone is 2. The third-order valence-electron chi connectivity index (χ3n) is 5.49. The second-order valence-corrected chi connectivity index (χ2v) is 8.07. The molecule has 0 aliphatic heterocycles. The highest BCUT2D eigenvalue weighted by Crippen LogP contribution is 2.14. The molecule has 0 amide bonds. The summed E-state index contributed by atoms with van der Waals surface area (Å²) in [6.07, 6.45) is 23.1. The van der Waals surface area contributed by atoms with E-state index in [1.165, 1.54) is 81.7 Å². The molecule has 4 nitrogen and oxygen atoms in total. The summed E-state index contributed by atoms with van der Waals surface area (Å²) in [4.78, 5) is 12.3. The molecule has 2 aromatic rings. The van der Waals surface area contributed by atoms with E-state index in [1.54, 1.807) is 0 Å². The molecule has 2 rings (SSSR count). The van der Waals surface area contributed by atoms with Gasteiger partial charge < -0.3 is 0 Å². The lowest BCUT2D eigenvalue weighted by atomic mass is 10.1. The van der Waals surface area contributed by atoms with Gasteiger partial charge in [0, 0.05) is 6.42 Å². The summed E-state index contributed by atoms with van der Waals surface area (Å²) in [5.41, 5.74) is 1.59. The van der Waals surface area contributed by atoms with Crippen molar-refractivity contribution >= 4 is 16.9 Å². The second kappa shape index (κ2) is 14.9. The number of carbonyl (C=O) groups is 1. The lowest BCUT2D eigenvalue weighted by Gasteiger charge is -2.03. The van der Waals surface area contributed by atoms with E-state index in [9.17, 15) is 4.79 Å². The maximum Gasteiger partial charge on any atom is 0.248 e. The van der Waals surface area contributed by atoms with E-state index in [4.69, 9.17) is 0 Å². The maximum atomic E-state index is 12.3. The molecule has 1 aromatic carbocycles. The zero-order chi connectivity index (χ0) is 20.6. The van der Waals surface area contributed by atoms with Gasteiger partial charge in [0.05, 0.1) is 5.52 Å². The number of benzene rings is 1. The summed E-state index contributed by atoms with van der Waals surface area (Å²) >= 11 is 0. The minimum atomic E-state index is 0.0529. The van der Waals surface area contributed by atoms with Crippen LogP contribution in [0.5, 0.6) is 0 Å². The molecule has 160 valence electrons. The summed E-state index contributed by atoms with van der Waals surface area (Å²) in [7, 11) is 0. The van der Waals surface area contributed by atoms with Crippen molar-refractivity contribution in [1.82, 2.24) is 15.0 Å². The standard InChI is InChI=1S/C25H39N3O/c1-2-3-4-5-6-7-8-9-10-11-12-13-14-15-16-17-22-25(29)28-24-21-19-18-20-23(24)26-27-28/h7-8,18-21H,2-6,9-17,22H2,1H3/b8-7+. The predicted octanol–water partition coefficient (Wildman–Crippen LogP) is 7.50. The average molecular weight is 398 g/mol. The molecule has 0 radical (unpaired) electrons. The van der Waals surface area contributed by atoms with Crippen LogP contribution in [0.1, 0.15) is 108 Å². The molecule has 1 aromatic heterocycles. The van der Waals surface area contributed by atoms with Crippen molar-refractivity contribution in [1.29, 1.82) is 0 Å². The normalized spacial score (nSPS) is 11.6. The first-order valence-electron chi connectivity index (χ1n) is 11.8. The molecular formula is C25H39N3O. The van der Waals surface area contributed by atoms with E-state index in [0.717, 1.165) is 23.9 Å². The lowest BCUT2D eigenvalue weighted by Crippen LogP contribution is -2.12. The van der Waals surface area contributed by atoms with Crippen LogP contribution < -0.4 is 0 Å². The summed E-state index contributed by atoms with van der Waals surface area (Å²) in [6, 6.07) is 7.62. The van der Waals surface area contributed by atoms with Gasteiger partial charge in [0.25, 0.3) is 0 Å². The van der Waals surface area contributed by atoms with E-state index in [0.29, 0.717) is 6.42 Å². The number of hydrogen-bond donors (Lipinski definition) is 0. The van der Waals surface area contributed by atoms with Crippen LogP contribution in [-0.2, 0) is 0 Å². The fourth-order valence-corrected chi connectivity index (χ4v) is 3.68. The Morgan fingerprint density at radius 2 is 1.41 bits per heavy atom. The molecule has 0 aliphatic carbocycles. The van der Waals surface area contributed by atoms with Crippen LogP contribution in [0.2, 0.25) is 0 Å². The van der Waals surface area contributed by atoms with Crippen LogP contribution in [0, 0.1) is 0 Å². The van der Waals surface area contributed by atoms with E-state index in [-0.39, 0.29) is 5.91 Å². The molecule has 1 heterocycles. The first kappa shape index (κ1) is 23.3. The minimum absolute atomic E-state index is 0.0529. The second-order valence-electron chi connectivity index (χ2n) is 8.07. The van der Waals surface area contributed by atoms with Crippen LogP contribution in [0.15, 0.2) is 36.4 Å². The highest BCUT2D eigenvalue weighted by atomic mass is 16.2. The van der Waals surface area contributed by atoms with E-state index in [2.05, 4.69) is 29.4 Å². The van der Waals surface area contributed by atoms with E-state index >= 15 is 0 Å². The predicted molar refractivity (Wildman–Crippen MR) is 122 cm³/mol. The quantitative estimate of drug-likeness (QED) is 0.218. The van der Waals surface area contributed by atoms with Gasteiger partial charge in [-0.05, 0) is 44.2 Å². The van der Waals surface area contributed by atoms with Crippen LogP contribution in [0.4, 0.5) is 0 Å². The number of fused-ring (bicyclic) bond motifs is 1. The van der Waals surface area contributed by atoms with Gasteiger partial charge in [-0.25, -0.2) is 0 Å². The van der Waals surface area contributed by atoms with Gasteiger partial charge in [0.1, 0.15) is 5.52 Å². The van der Waals surface area contributed by atoms with E-state index in [1.807, 2.05) is 24.3 Å². The molecule has 0 saturated heterocycles. The maximum absolute atomic E-state index is 12.3. The molecule has 0 fully saturated rings. The fourth-order valence-electron chi connectivity index (χ4n) is 3.68. The van der Waals surface area contributed by atoms with Crippen LogP contribution >= 0.6 is 0 Å². The summed E-state index contributed by atoms with van der Waals surface area (Å²) in [5.74, 6) is 0.0529. The average Bonchev–Trinajstić information content (AvgIpc) is 3.17. The summed E-state index contributed by atoms with van der Waals surface area (Å²) in [5, 5.41) is 8.05. The van der Waals surface area contributed by atoms with Crippen molar-refractivity contribution < 1.29 is 4.79 Å². The van der Waals surface area contributed by atoms with Crippen molar-refractivity contribution in [3.05, 3.63) is 36.4 Å². The molecule has 0 N–H and O–H groups in total. The molecule has 0 spiro atoms. The Morgan fingerprint density at radius 3 is 2.10 bits per heavy atom. The molecule has 0 unspecified atom stereocenters. The van der Waals surface area contributed by atoms with Gasteiger partial charge in [0.2, 0.25) is 5.91 Å². The Morgan fingerprint density at radius 1 is 0.828 bits per heavy atom. The lowest BCUT2D eigenvalue weighted by molar-refractivity contribution is 0.0886. The van der Waals surface area contributed by atoms with Crippen LogP contribution in [-0.4, -0.2) is 20.9 Å². The molecular weight excluding hydrogens is 358 g/mol. The number of carbonyl (C=O) groups excluding carboxylic acids is 1. The smallest absolute Gasteiger partial charge is 0.248 e. The Bertz CT molecular complexity index is 720. The first-order chi connectivity index (χ1) is 14.3. The Hall–Kier alpha value is -1.97. The monoisotopic (exact) mass is 397 g/mol. The Kier molecular flexibility index (Phi) is 12.0. The molecule has 0 aliphatic rings. The van der Waals surface area contributed by atoms with E-state index < -0.39 is 0 Å². The number of rotatable bonds is 16. The van der Waals surface area contributed by atoms with Crippen LogP contribution in [0.3, 0.4) is 0 Å². The zero-order valence-electron chi connectivity index (χ0n) is 18.3. The van der Waals surface area contributed by atoms with Crippen molar-refractivity contribution in [3.63, 3.8) is 0 Å². The molecule has 29 heavy (non-hydrogen) atoms. The third kappa shape index (κ3) is 9.38. The molecule has 0 atom stereocenters. The minimum Gasteiger partial charge on any atom is -0.273 e. The number of aromatic nitrogens is 3. The SMILES string of the molecule is CCCCCC/C=C/CCCCCCCCCCC(=O)n1nnc2ccccc21. The van der Waals surface area contributed by atoms with Crippen LogP contribution in [0.25, 0.3) is 11.0 Å². The highest BCUT2D eigenvalue weighted by Gasteiger charge is 2.10. The molecule has 4 heteroatoms. The van der Waals surface area contributed by atoms with Crippen molar-refractivity contribution in [2.45, 2.75) is 103 Å². The van der Waals surface area contributed by atoms with Gasteiger partial charge in [-0.2, -0.15) is 4.68 Å². The zero-order valence-corrected chi connectivity index (χ0v) is 18.3. The van der Waals surface area contributed by atoms with Crippen molar-refractivity contribution in [3.8, 4) is 0 Å². The highest BCUT2D eigenvalue weighted by molar-refractivity contribution is 5.88. The fraction of sp³-hybridized carbons (Fsp3) is 0.640. The van der Waals surface area contributed by atoms with Crippen molar-refractivity contribution in [2.75, 3.05) is 0 Å². The largest absolute Gasteiger partial charge is 0.273 e. The van der Waals surface area contributed by atoms with Gasteiger partial charge in [-0.15, -0.1) is 5.10 Å². The van der Waals surface area contributed by atoms with Crippen molar-refractivity contribution in [2.24, 2.45) is 0 Å². The number of para-hydroxylation sites is 1. The van der Waals surface area contributed by atoms with Gasteiger partial charge in [-0.1, -0.05) is 94.2 Å².